The van der Waals surface area contributed by atoms with E-state index < -0.39 is 0 Å². The number of ether oxygens (including phenoxy) is 1. The van der Waals surface area contributed by atoms with Crippen molar-refractivity contribution in [2.24, 2.45) is 0 Å². The second-order valence-corrected chi connectivity index (χ2v) is 5.79. The molecule has 0 radical (unpaired) electrons. The predicted molar refractivity (Wildman–Crippen MR) is 90.1 cm³/mol. The Kier molecular flexibility index (Phi) is 4.50. The second-order valence-electron chi connectivity index (χ2n) is 5.79. The largest absolute Gasteiger partial charge is 0.491 e. The fourth-order valence-corrected chi connectivity index (χ4v) is 2.85. The molecule has 0 saturated carbocycles. The maximum atomic E-state index is 11.8. The standard InChI is InChI=1S/C17H20N4O3/c1-11-15(8-19-20-17(11)23)21-9-13-4-3-5-16(14(13)10-21)24-7-6-18-12(2)22/h3-5,8H,6-7,9-10H2,1-2H3,(H,18,22)(H,20,23). The highest BCUT2D eigenvalue weighted by molar-refractivity contribution is 5.72. The van der Waals surface area contributed by atoms with E-state index >= 15 is 0 Å². The number of carbonyl (C=O) groups is 1. The number of benzene rings is 1. The Bertz CT molecular complexity index is 816. The molecule has 7 nitrogen and oxygen atoms in total. The van der Waals surface area contributed by atoms with Crippen LogP contribution in [0.2, 0.25) is 0 Å². The number of anilines is 1. The molecule has 1 aromatic heterocycles. The lowest BCUT2D eigenvalue weighted by Crippen LogP contribution is -2.25. The summed E-state index contributed by atoms with van der Waals surface area (Å²) >= 11 is 0. The van der Waals surface area contributed by atoms with Crippen molar-refractivity contribution < 1.29 is 9.53 Å². The molecule has 24 heavy (non-hydrogen) atoms. The minimum Gasteiger partial charge on any atom is -0.491 e. The number of carbonyl (C=O) groups excluding carboxylic acids is 1. The van der Waals surface area contributed by atoms with Gasteiger partial charge in [-0.05, 0) is 18.6 Å². The molecule has 2 N–H and O–H groups in total. The van der Waals surface area contributed by atoms with Gasteiger partial charge in [0.25, 0.3) is 5.56 Å². The molecule has 1 aliphatic heterocycles. The van der Waals surface area contributed by atoms with E-state index in [0.717, 1.165) is 17.0 Å². The molecule has 0 saturated heterocycles. The summed E-state index contributed by atoms with van der Waals surface area (Å²) in [4.78, 5) is 24.8. The smallest absolute Gasteiger partial charge is 0.269 e. The minimum atomic E-state index is -0.171. The van der Waals surface area contributed by atoms with Crippen LogP contribution < -0.4 is 20.5 Å². The third-order valence-corrected chi connectivity index (χ3v) is 4.09. The van der Waals surface area contributed by atoms with E-state index in [-0.39, 0.29) is 11.5 Å². The van der Waals surface area contributed by atoms with Crippen LogP contribution in [0.25, 0.3) is 0 Å². The number of hydrogen-bond donors (Lipinski definition) is 2. The maximum absolute atomic E-state index is 11.8. The highest BCUT2D eigenvalue weighted by Gasteiger charge is 2.24. The van der Waals surface area contributed by atoms with Crippen LogP contribution in [-0.2, 0) is 17.9 Å². The quantitative estimate of drug-likeness (QED) is 0.803. The number of amides is 1. The molecule has 7 heteroatoms. The monoisotopic (exact) mass is 328 g/mol. The van der Waals surface area contributed by atoms with E-state index in [9.17, 15) is 9.59 Å². The zero-order valence-corrected chi connectivity index (χ0v) is 13.8. The van der Waals surface area contributed by atoms with Gasteiger partial charge in [-0.3, -0.25) is 9.59 Å². The van der Waals surface area contributed by atoms with Crippen LogP contribution in [0, 0.1) is 6.92 Å². The predicted octanol–water partition coefficient (Wildman–Crippen LogP) is 1.11. The number of rotatable bonds is 5. The van der Waals surface area contributed by atoms with Gasteiger partial charge in [-0.2, -0.15) is 5.10 Å². The number of fused-ring (bicyclic) bond motifs is 1. The maximum Gasteiger partial charge on any atom is 0.269 e. The molecule has 1 aliphatic rings. The Labute approximate surface area is 139 Å². The topological polar surface area (TPSA) is 87.3 Å². The Morgan fingerprint density at radius 2 is 2.25 bits per heavy atom. The Hall–Kier alpha value is -2.83. The fourth-order valence-electron chi connectivity index (χ4n) is 2.85. The van der Waals surface area contributed by atoms with Crippen molar-refractivity contribution in [2.45, 2.75) is 26.9 Å². The number of aromatic amines is 1. The molecule has 3 rings (SSSR count). The Balaban J connectivity index is 1.75. The van der Waals surface area contributed by atoms with Gasteiger partial charge in [0.15, 0.2) is 0 Å². The first-order chi connectivity index (χ1) is 11.6. The molecule has 1 amide bonds. The van der Waals surface area contributed by atoms with E-state index in [1.165, 1.54) is 12.5 Å². The summed E-state index contributed by atoms with van der Waals surface area (Å²) in [5.74, 6) is 0.746. The van der Waals surface area contributed by atoms with Crippen molar-refractivity contribution >= 4 is 11.6 Å². The van der Waals surface area contributed by atoms with Crippen LogP contribution >= 0.6 is 0 Å². The van der Waals surface area contributed by atoms with E-state index in [2.05, 4.69) is 26.5 Å². The molecule has 0 atom stereocenters. The van der Waals surface area contributed by atoms with Gasteiger partial charge in [0.2, 0.25) is 5.91 Å². The highest BCUT2D eigenvalue weighted by atomic mass is 16.5. The summed E-state index contributed by atoms with van der Waals surface area (Å²) in [5.41, 5.74) is 3.60. The van der Waals surface area contributed by atoms with Crippen LogP contribution in [-0.4, -0.2) is 29.3 Å². The molecule has 2 aromatic rings. The van der Waals surface area contributed by atoms with Gasteiger partial charge in [-0.25, -0.2) is 5.10 Å². The molecule has 1 aromatic carbocycles. The van der Waals surface area contributed by atoms with Crippen molar-refractivity contribution in [1.29, 1.82) is 0 Å². The normalized spacial score (nSPS) is 12.8. The summed E-state index contributed by atoms with van der Waals surface area (Å²) in [6.07, 6.45) is 1.68. The SMILES string of the molecule is CC(=O)NCCOc1cccc2c1CN(c1cn[nH]c(=O)c1C)C2. The third-order valence-electron chi connectivity index (χ3n) is 4.09. The van der Waals surface area contributed by atoms with E-state index in [1.54, 1.807) is 13.1 Å². The van der Waals surface area contributed by atoms with Crippen molar-refractivity contribution in [2.75, 3.05) is 18.1 Å². The van der Waals surface area contributed by atoms with Crippen LogP contribution in [0.3, 0.4) is 0 Å². The molecule has 2 heterocycles. The summed E-state index contributed by atoms with van der Waals surface area (Å²) in [7, 11) is 0. The Morgan fingerprint density at radius 1 is 1.42 bits per heavy atom. The molecule has 0 unspecified atom stereocenters. The van der Waals surface area contributed by atoms with Gasteiger partial charge in [0.05, 0.1) is 18.4 Å². The van der Waals surface area contributed by atoms with E-state index in [0.29, 0.717) is 31.8 Å². The lowest BCUT2D eigenvalue weighted by atomic mass is 10.1. The molecule has 0 fully saturated rings. The van der Waals surface area contributed by atoms with Crippen molar-refractivity contribution in [3.05, 3.63) is 51.4 Å². The molecular formula is C17H20N4O3. The summed E-state index contributed by atoms with van der Waals surface area (Å²) in [6, 6.07) is 5.95. The second kappa shape index (κ2) is 6.74. The van der Waals surface area contributed by atoms with Crippen LogP contribution in [0.4, 0.5) is 5.69 Å². The number of hydrogen-bond acceptors (Lipinski definition) is 5. The van der Waals surface area contributed by atoms with Crippen molar-refractivity contribution in [1.82, 2.24) is 15.5 Å². The third kappa shape index (κ3) is 3.24. The number of nitrogens with one attached hydrogen (secondary N) is 2. The van der Waals surface area contributed by atoms with Gasteiger partial charge < -0.3 is 15.0 Å². The first-order valence-corrected chi connectivity index (χ1v) is 7.83. The number of H-pyrrole nitrogens is 1. The number of aromatic nitrogens is 2. The summed E-state index contributed by atoms with van der Waals surface area (Å²) in [5, 5.41) is 9.06. The fraction of sp³-hybridized carbons (Fsp3) is 0.353. The Morgan fingerprint density at radius 3 is 3.04 bits per heavy atom. The summed E-state index contributed by atoms with van der Waals surface area (Å²) in [6.45, 7) is 5.54. The molecule has 126 valence electrons. The molecule has 0 aliphatic carbocycles. The minimum absolute atomic E-state index is 0.0691. The lowest BCUT2D eigenvalue weighted by molar-refractivity contribution is -0.119. The van der Waals surface area contributed by atoms with Crippen LogP contribution in [0.1, 0.15) is 23.6 Å². The molecular weight excluding hydrogens is 308 g/mol. The van der Waals surface area contributed by atoms with Gasteiger partial charge in [0, 0.05) is 31.1 Å². The lowest BCUT2D eigenvalue weighted by Gasteiger charge is -2.18. The van der Waals surface area contributed by atoms with Gasteiger partial charge >= 0.3 is 0 Å². The van der Waals surface area contributed by atoms with E-state index in [4.69, 9.17) is 4.74 Å². The first kappa shape index (κ1) is 16.0. The average Bonchev–Trinajstić information content (AvgIpc) is 2.98. The van der Waals surface area contributed by atoms with Gasteiger partial charge in [0.1, 0.15) is 12.4 Å². The molecule has 0 spiro atoms. The average molecular weight is 328 g/mol. The summed E-state index contributed by atoms with van der Waals surface area (Å²) < 4.78 is 5.81. The zero-order chi connectivity index (χ0) is 17.1. The van der Waals surface area contributed by atoms with Gasteiger partial charge in [-0.15, -0.1) is 0 Å². The number of nitrogens with zero attached hydrogens (tertiary/aromatic N) is 2. The van der Waals surface area contributed by atoms with Gasteiger partial charge in [-0.1, -0.05) is 12.1 Å². The van der Waals surface area contributed by atoms with Crippen LogP contribution in [0.15, 0.2) is 29.2 Å². The zero-order valence-electron chi connectivity index (χ0n) is 13.8. The first-order valence-electron chi connectivity index (χ1n) is 7.83. The van der Waals surface area contributed by atoms with E-state index in [1.807, 2.05) is 12.1 Å². The van der Waals surface area contributed by atoms with Crippen molar-refractivity contribution in [3.63, 3.8) is 0 Å². The van der Waals surface area contributed by atoms with Crippen molar-refractivity contribution in [3.8, 4) is 5.75 Å². The highest BCUT2D eigenvalue weighted by Crippen LogP contribution is 2.34. The molecule has 0 bridgehead atoms. The van der Waals surface area contributed by atoms with Crippen LogP contribution in [0.5, 0.6) is 5.75 Å².